The van der Waals surface area contributed by atoms with Gasteiger partial charge in [0.2, 0.25) is 0 Å². The highest BCUT2D eigenvalue weighted by Crippen LogP contribution is 2.35. The van der Waals surface area contributed by atoms with Crippen LogP contribution < -0.4 is 10.6 Å². The summed E-state index contributed by atoms with van der Waals surface area (Å²) in [6.07, 6.45) is 7.55. The van der Waals surface area contributed by atoms with Gasteiger partial charge in [0.1, 0.15) is 0 Å². The van der Waals surface area contributed by atoms with Crippen molar-refractivity contribution < 1.29 is 9.50 Å². The molecular formula is C23H20ClFN5O. The Kier molecular flexibility index (Phi) is 5.21. The number of hydrogen-bond donors (Lipinski definition) is 3. The third kappa shape index (κ3) is 3.94. The second-order valence-electron chi connectivity index (χ2n) is 7.61. The maximum absolute atomic E-state index is 14.0. The van der Waals surface area contributed by atoms with Gasteiger partial charge in [-0.25, -0.2) is 4.39 Å². The van der Waals surface area contributed by atoms with Crippen LogP contribution in [-0.2, 0) is 0 Å². The van der Waals surface area contributed by atoms with Gasteiger partial charge >= 0.3 is 0 Å². The van der Waals surface area contributed by atoms with Crippen LogP contribution in [0.3, 0.4) is 0 Å². The number of pyridine rings is 1. The molecule has 2 aromatic carbocycles. The highest BCUT2D eigenvalue weighted by atomic mass is 35.5. The Balaban J connectivity index is 1.48. The highest BCUT2D eigenvalue weighted by Gasteiger charge is 2.16. The minimum atomic E-state index is -0.760. The number of fused-ring (bicyclic) bond motifs is 1. The van der Waals surface area contributed by atoms with Crippen molar-refractivity contribution in [3.05, 3.63) is 65.8 Å². The first kappa shape index (κ1) is 19.8. The summed E-state index contributed by atoms with van der Waals surface area (Å²) >= 11 is 5.96. The number of nitrogens with zero attached hydrogens (tertiary/aromatic N) is 3. The van der Waals surface area contributed by atoms with Gasteiger partial charge in [-0.2, -0.15) is 5.10 Å². The lowest BCUT2D eigenvalue weighted by Crippen LogP contribution is -2.29. The van der Waals surface area contributed by atoms with E-state index in [1.807, 2.05) is 29.1 Å². The number of rotatable bonds is 4. The van der Waals surface area contributed by atoms with E-state index in [1.54, 1.807) is 12.4 Å². The molecule has 0 aliphatic carbocycles. The predicted octanol–water partition coefficient (Wildman–Crippen LogP) is 5.06. The largest absolute Gasteiger partial charge is 0.504 e. The van der Waals surface area contributed by atoms with Crippen molar-refractivity contribution in [3.63, 3.8) is 0 Å². The van der Waals surface area contributed by atoms with Crippen molar-refractivity contribution in [2.75, 3.05) is 18.4 Å². The van der Waals surface area contributed by atoms with Crippen LogP contribution in [0.25, 0.3) is 22.0 Å². The number of phenolic OH excluding ortho intramolecular Hbond substituents is 1. The maximum Gasteiger partial charge on any atom is 0.170 e. The molecule has 0 amide bonds. The predicted molar refractivity (Wildman–Crippen MR) is 119 cm³/mol. The Hall–Kier alpha value is -3.16. The second kappa shape index (κ2) is 8.17. The molecular weight excluding hydrogens is 417 g/mol. The third-order valence-electron chi connectivity index (χ3n) is 5.58. The number of phenols is 1. The minimum Gasteiger partial charge on any atom is -0.504 e. The molecule has 0 unspecified atom stereocenters. The maximum atomic E-state index is 14.0. The van der Waals surface area contributed by atoms with Crippen molar-refractivity contribution in [1.29, 1.82) is 0 Å². The van der Waals surface area contributed by atoms with E-state index in [0.29, 0.717) is 11.6 Å². The summed E-state index contributed by atoms with van der Waals surface area (Å²) in [6, 6.07) is 12.0. The molecule has 0 saturated carbocycles. The first-order valence-corrected chi connectivity index (χ1v) is 10.5. The Morgan fingerprint density at radius 1 is 1.19 bits per heavy atom. The zero-order valence-electron chi connectivity index (χ0n) is 16.6. The summed E-state index contributed by atoms with van der Waals surface area (Å²) < 4.78 is 16.0. The van der Waals surface area contributed by atoms with Gasteiger partial charge in [-0.3, -0.25) is 9.67 Å². The summed E-state index contributed by atoms with van der Waals surface area (Å²) in [5, 5.41) is 21.7. The Labute approximate surface area is 183 Å². The van der Waals surface area contributed by atoms with Gasteiger partial charge in [0, 0.05) is 23.8 Å². The number of hydrogen-bond acceptors (Lipinski definition) is 5. The number of piperidine rings is 1. The number of halogens is 2. The Bertz CT molecular complexity index is 1230. The van der Waals surface area contributed by atoms with Crippen LogP contribution in [0.1, 0.15) is 18.9 Å². The van der Waals surface area contributed by atoms with E-state index in [1.165, 1.54) is 12.1 Å². The first-order chi connectivity index (χ1) is 15.1. The molecule has 157 valence electrons. The van der Waals surface area contributed by atoms with Crippen molar-refractivity contribution in [2.24, 2.45) is 0 Å². The molecule has 1 aliphatic heterocycles. The number of benzene rings is 2. The molecule has 1 fully saturated rings. The SMILES string of the molecule is Oc1c(F)cc(-c2ccc3nc[c]c(Nc4cnn(C5CCNCC5)c4)c3c2)cc1Cl. The normalized spacial score (nSPS) is 14.8. The van der Waals surface area contributed by atoms with Crippen LogP contribution in [0.5, 0.6) is 5.75 Å². The average Bonchev–Trinajstić information content (AvgIpc) is 3.26. The third-order valence-corrected chi connectivity index (χ3v) is 5.87. The molecule has 0 spiro atoms. The fourth-order valence-corrected chi connectivity index (χ4v) is 4.13. The van der Waals surface area contributed by atoms with E-state index in [2.05, 4.69) is 26.8 Å². The average molecular weight is 437 g/mol. The van der Waals surface area contributed by atoms with Crippen LogP contribution in [0.4, 0.5) is 15.8 Å². The van der Waals surface area contributed by atoms with Gasteiger partial charge in [-0.1, -0.05) is 17.7 Å². The number of aromatic nitrogens is 3. The Morgan fingerprint density at radius 3 is 2.84 bits per heavy atom. The van der Waals surface area contributed by atoms with E-state index < -0.39 is 11.6 Å². The lowest BCUT2D eigenvalue weighted by Gasteiger charge is -2.22. The molecule has 0 atom stereocenters. The lowest BCUT2D eigenvalue weighted by atomic mass is 10.0. The second-order valence-corrected chi connectivity index (χ2v) is 8.02. The zero-order chi connectivity index (χ0) is 21.4. The quantitative estimate of drug-likeness (QED) is 0.416. The molecule has 0 bridgehead atoms. The molecule has 4 aromatic rings. The molecule has 3 N–H and O–H groups in total. The van der Waals surface area contributed by atoms with Gasteiger partial charge < -0.3 is 15.7 Å². The smallest absolute Gasteiger partial charge is 0.170 e. The van der Waals surface area contributed by atoms with Gasteiger partial charge in [-0.05, 0) is 61.3 Å². The number of anilines is 2. The van der Waals surface area contributed by atoms with Crippen LogP contribution >= 0.6 is 11.6 Å². The monoisotopic (exact) mass is 436 g/mol. The van der Waals surface area contributed by atoms with Crippen LogP contribution in [0, 0.1) is 11.9 Å². The lowest BCUT2D eigenvalue weighted by molar-refractivity contribution is 0.343. The van der Waals surface area contributed by atoms with E-state index in [0.717, 1.165) is 53.8 Å². The first-order valence-electron chi connectivity index (χ1n) is 10.1. The molecule has 5 rings (SSSR count). The molecule has 31 heavy (non-hydrogen) atoms. The van der Waals surface area contributed by atoms with E-state index in [-0.39, 0.29) is 5.02 Å². The fourth-order valence-electron chi connectivity index (χ4n) is 3.93. The summed E-state index contributed by atoms with van der Waals surface area (Å²) in [5.41, 5.74) is 3.72. The molecule has 1 radical (unpaired) electrons. The molecule has 1 aliphatic rings. The van der Waals surface area contributed by atoms with Crippen molar-refractivity contribution >= 4 is 33.9 Å². The standard InChI is InChI=1S/C23H20ClFN5O/c24-19-10-15(11-20(25)23(19)31)14-1-2-21-18(9-14)22(5-8-27-21)29-16-12-28-30(13-16)17-3-6-26-7-4-17/h1-2,8-13,17,26,31H,3-4,6-7H2,(H,27,29). The van der Waals surface area contributed by atoms with E-state index in [9.17, 15) is 9.50 Å². The van der Waals surface area contributed by atoms with Crippen molar-refractivity contribution in [2.45, 2.75) is 18.9 Å². The molecule has 2 aromatic heterocycles. The summed E-state index contributed by atoms with van der Waals surface area (Å²) in [4.78, 5) is 4.38. The topological polar surface area (TPSA) is 75.0 Å². The fraction of sp³-hybridized carbons (Fsp3) is 0.217. The van der Waals surface area contributed by atoms with E-state index in [4.69, 9.17) is 11.6 Å². The van der Waals surface area contributed by atoms with Crippen LogP contribution in [-0.4, -0.2) is 33.0 Å². The van der Waals surface area contributed by atoms with Gasteiger partial charge in [-0.15, -0.1) is 0 Å². The van der Waals surface area contributed by atoms with Crippen molar-refractivity contribution in [3.8, 4) is 16.9 Å². The molecule has 8 heteroatoms. The number of aromatic hydroxyl groups is 1. The van der Waals surface area contributed by atoms with Gasteiger partial charge in [0.15, 0.2) is 11.6 Å². The van der Waals surface area contributed by atoms with Crippen LogP contribution in [0.2, 0.25) is 5.02 Å². The highest BCUT2D eigenvalue weighted by molar-refractivity contribution is 6.32. The molecule has 3 heterocycles. The van der Waals surface area contributed by atoms with Gasteiger partial charge in [0.25, 0.3) is 0 Å². The van der Waals surface area contributed by atoms with Crippen molar-refractivity contribution in [1.82, 2.24) is 20.1 Å². The minimum absolute atomic E-state index is 0.0310. The summed E-state index contributed by atoms with van der Waals surface area (Å²) in [6.45, 7) is 2.00. The molecule has 1 saturated heterocycles. The van der Waals surface area contributed by atoms with Gasteiger partial charge in [0.05, 0.1) is 34.2 Å². The van der Waals surface area contributed by atoms with Crippen LogP contribution in [0.15, 0.2) is 48.9 Å². The summed E-state index contributed by atoms with van der Waals surface area (Å²) in [7, 11) is 0. The zero-order valence-corrected chi connectivity index (χ0v) is 17.3. The van der Waals surface area contributed by atoms with E-state index >= 15 is 0 Å². The number of nitrogens with one attached hydrogen (secondary N) is 2. The summed E-state index contributed by atoms with van der Waals surface area (Å²) in [5.74, 6) is -1.31. The molecule has 6 nitrogen and oxygen atoms in total. The Morgan fingerprint density at radius 2 is 2.03 bits per heavy atom.